The summed E-state index contributed by atoms with van der Waals surface area (Å²) in [6.07, 6.45) is 0. The second-order valence-corrected chi connectivity index (χ2v) is 5.77. The minimum absolute atomic E-state index is 0.245. The van der Waals surface area contributed by atoms with Crippen LogP contribution in [0.2, 0.25) is 0 Å². The number of nitrogens with one attached hydrogen (secondary N) is 1. The predicted molar refractivity (Wildman–Crippen MR) is 83.8 cm³/mol. The molecule has 0 atom stereocenters. The third-order valence-electron chi connectivity index (χ3n) is 3.01. The number of nitrogens with zero attached hydrogens (tertiary/aromatic N) is 3. The Kier molecular flexibility index (Phi) is 4.00. The quantitative estimate of drug-likeness (QED) is 0.900. The molecular formula is C14H16BrN5. The highest BCUT2D eigenvalue weighted by molar-refractivity contribution is 9.10. The van der Waals surface area contributed by atoms with Gasteiger partial charge in [0.25, 0.3) is 0 Å². The summed E-state index contributed by atoms with van der Waals surface area (Å²) in [6, 6.07) is 7.59. The summed E-state index contributed by atoms with van der Waals surface area (Å²) in [7, 11) is 1.83. The number of nitrogen functional groups attached to an aromatic ring is 1. The van der Waals surface area contributed by atoms with Crippen molar-refractivity contribution in [2.45, 2.75) is 19.8 Å². The van der Waals surface area contributed by atoms with Gasteiger partial charge in [0.2, 0.25) is 0 Å². The van der Waals surface area contributed by atoms with Crippen molar-refractivity contribution in [2.24, 2.45) is 7.05 Å². The number of hydrogen-bond acceptors (Lipinski definition) is 4. The second-order valence-electron chi connectivity index (χ2n) is 4.85. The van der Waals surface area contributed by atoms with Crippen LogP contribution in [0.1, 0.15) is 31.0 Å². The minimum atomic E-state index is 0.245. The lowest BCUT2D eigenvalue weighted by Crippen LogP contribution is -2.02. The molecule has 2 aromatic rings. The van der Waals surface area contributed by atoms with Crippen molar-refractivity contribution in [1.82, 2.24) is 9.78 Å². The molecule has 1 heterocycles. The van der Waals surface area contributed by atoms with E-state index >= 15 is 0 Å². The maximum absolute atomic E-state index is 9.16. The van der Waals surface area contributed by atoms with Gasteiger partial charge in [0.05, 0.1) is 22.6 Å². The molecule has 104 valence electrons. The van der Waals surface area contributed by atoms with Crippen LogP contribution < -0.4 is 11.1 Å². The van der Waals surface area contributed by atoms with Gasteiger partial charge in [-0.15, -0.1) is 0 Å². The number of halogens is 1. The summed E-state index contributed by atoms with van der Waals surface area (Å²) in [5.74, 6) is 0.943. The van der Waals surface area contributed by atoms with Crippen molar-refractivity contribution in [3.05, 3.63) is 33.9 Å². The van der Waals surface area contributed by atoms with E-state index in [1.807, 2.05) is 33.0 Å². The van der Waals surface area contributed by atoms with E-state index in [1.165, 1.54) is 0 Å². The molecule has 0 bridgehead atoms. The van der Waals surface area contributed by atoms with Gasteiger partial charge in [-0.1, -0.05) is 29.8 Å². The molecule has 0 aliphatic carbocycles. The Balaban J connectivity index is 2.46. The molecule has 0 radical (unpaired) electrons. The lowest BCUT2D eigenvalue weighted by atomic mass is 10.1. The van der Waals surface area contributed by atoms with E-state index in [-0.39, 0.29) is 5.92 Å². The highest BCUT2D eigenvalue weighted by Crippen LogP contribution is 2.32. The van der Waals surface area contributed by atoms with Crippen molar-refractivity contribution in [3.63, 3.8) is 0 Å². The fourth-order valence-corrected chi connectivity index (χ4v) is 2.34. The van der Waals surface area contributed by atoms with Gasteiger partial charge in [0.15, 0.2) is 5.82 Å². The van der Waals surface area contributed by atoms with E-state index in [4.69, 9.17) is 11.0 Å². The number of hydrogen-bond donors (Lipinski definition) is 2. The molecule has 0 amide bonds. The molecule has 0 fully saturated rings. The highest BCUT2D eigenvalue weighted by atomic mass is 79.9. The average molecular weight is 334 g/mol. The van der Waals surface area contributed by atoms with Gasteiger partial charge in [-0.05, 0) is 24.1 Å². The smallest absolute Gasteiger partial charge is 0.152 e. The van der Waals surface area contributed by atoms with Crippen molar-refractivity contribution in [1.29, 1.82) is 5.26 Å². The maximum Gasteiger partial charge on any atom is 0.152 e. The molecule has 0 spiro atoms. The SMILES string of the molecule is CC(C)c1nn(C)c(Nc2cc(Br)ccc2C#N)c1N. The molecule has 3 N–H and O–H groups in total. The molecule has 0 saturated carbocycles. The maximum atomic E-state index is 9.16. The Morgan fingerprint density at radius 1 is 1.45 bits per heavy atom. The Labute approximate surface area is 126 Å². The Bertz CT molecular complexity index is 682. The number of anilines is 3. The fourth-order valence-electron chi connectivity index (χ4n) is 1.98. The minimum Gasteiger partial charge on any atom is -0.394 e. The lowest BCUT2D eigenvalue weighted by Gasteiger charge is -2.10. The first-order valence-corrected chi connectivity index (χ1v) is 7.02. The standard InChI is InChI=1S/C14H16BrN5/c1-8(2)13-12(17)14(20(3)19-13)18-11-6-10(15)5-4-9(11)7-16/h4-6,8,18H,17H2,1-3H3. The van der Waals surface area contributed by atoms with E-state index in [9.17, 15) is 0 Å². The number of nitriles is 1. The largest absolute Gasteiger partial charge is 0.394 e. The third kappa shape index (κ3) is 2.63. The van der Waals surface area contributed by atoms with Crippen LogP contribution in [0.25, 0.3) is 0 Å². The first kappa shape index (κ1) is 14.4. The zero-order chi connectivity index (χ0) is 14.9. The second kappa shape index (κ2) is 5.55. The van der Waals surface area contributed by atoms with Crippen molar-refractivity contribution in [2.75, 3.05) is 11.1 Å². The Morgan fingerprint density at radius 3 is 2.70 bits per heavy atom. The van der Waals surface area contributed by atoms with Crippen LogP contribution in [-0.4, -0.2) is 9.78 Å². The highest BCUT2D eigenvalue weighted by Gasteiger charge is 2.17. The molecule has 0 unspecified atom stereocenters. The Hall–Kier alpha value is -2.00. The molecule has 0 saturated heterocycles. The summed E-state index contributed by atoms with van der Waals surface area (Å²) < 4.78 is 2.59. The van der Waals surface area contributed by atoms with E-state index in [2.05, 4.69) is 32.4 Å². The fraction of sp³-hybridized carbons (Fsp3) is 0.286. The van der Waals surface area contributed by atoms with Gasteiger partial charge >= 0.3 is 0 Å². The molecule has 6 heteroatoms. The molecule has 5 nitrogen and oxygen atoms in total. The topological polar surface area (TPSA) is 79.7 Å². The summed E-state index contributed by atoms with van der Waals surface area (Å²) in [5, 5.41) is 16.8. The van der Waals surface area contributed by atoms with Gasteiger partial charge in [-0.25, -0.2) is 0 Å². The van der Waals surface area contributed by atoms with Crippen molar-refractivity contribution >= 4 is 33.1 Å². The van der Waals surface area contributed by atoms with Crippen LogP contribution >= 0.6 is 15.9 Å². The zero-order valence-electron chi connectivity index (χ0n) is 11.6. The zero-order valence-corrected chi connectivity index (χ0v) is 13.2. The molecule has 1 aromatic heterocycles. The van der Waals surface area contributed by atoms with Crippen molar-refractivity contribution < 1.29 is 0 Å². The van der Waals surface area contributed by atoms with Crippen LogP contribution in [0.4, 0.5) is 17.2 Å². The number of benzene rings is 1. The van der Waals surface area contributed by atoms with Gasteiger partial charge in [-0.2, -0.15) is 10.4 Å². The van der Waals surface area contributed by atoms with Gasteiger partial charge in [0.1, 0.15) is 6.07 Å². The van der Waals surface area contributed by atoms with Crippen LogP contribution in [0.15, 0.2) is 22.7 Å². The van der Waals surface area contributed by atoms with Crippen LogP contribution in [-0.2, 0) is 7.05 Å². The summed E-state index contributed by atoms with van der Waals surface area (Å²) in [4.78, 5) is 0. The predicted octanol–water partition coefficient (Wildman–Crippen LogP) is 3.50. The molecule has 20 heavy (non-hydrogen) atoms. The van der Waals surface area contributed by atoms with Gasteiger partial charge < -0.3 is 11.1 Å². The van der Waals surface area contributed by atoms with Crippen LogP contribution in [0, 0.1) is 11.3 Å². The third-order valence-corrected chi connectivity index (χ3v) is 3.51. The molecule has 2 rings (SSSR count). The van der Waals surface area contributed by atoms with Crippen LogP contribution in [0.5, 0.6) is 0 Å². The number of rotatable bonds is 3. The van der Waals surface area contributed by atoms with E-state index < -0.39 is 0 Å². The first-order chi connectivity index (χ1) is 9.43. The van der Waals surface area contributed by atoms with Crippen LogP contribution in [0.3, 0.4) is 0 Å². The number of aryl methyl sites for hydroxylation is 1. The van der Waals surface area contributed by atoms with E-state index in [0.717, 1.165) is 10.2 Å². The van der Waals surface area contributed by atoms with E-state index in [0.29, 0.717) is 22.8 Å². The summed E-state index contributed by atoms with van der Waals surface area (Å²) in [6.45, 7) is 4.09. The monoisotopic (exact) mass is 333 g/mol. The van der Waals surface area contributed by atoms with E-state index in [1.54, 1.807) is 10.7 Å². The Morgan fingerprint density at radius 2 is 2.15 bits per heavy atom. The summed E-state index contributed by atoms with van der Waals surface area (Å²) in [5.41, 5.74) is 8.87. The number of aromatic nitrogens is 2. The first-order valence-electron chi connectivity index (χ1n) is 6.23. The van der Waals surface area contributed by atoms with Crippen molar-refractivity contribution in [3.8, 4) is 6.07 Å². The lowest BCUT2D eigenvalue weighted by molar-refractivity contribution is 0.718. The normalized spacial score (nSPS) is 10.6. The van der Waals surface area contributed by atoms with Gasteiger partial charge in [-0.3, -0.25) is 4.68 Å². The van der Waals surface area contributed by atoms with Gasteiger partial charge in [0, 0.05) is 11.5 Å². The molecule has 0 aliphatic rings. The molecule has 1 aromatic carbocycles. The molecule has 0 aliphatic heterocycles. The summed E-state index contributed by atoms with van der Waals surface area (Å²) >= 11 is 3.40. The molecular weight excluding hydrogens is 318 g/mol. The average Bonchev–Trinajstić information content (AvgIpc) is 2.67. The number of nitrogens with two attached hydrogens (primary N) is 1.